The van der Waals surface area contributed by atoms with E-state index in [0.29, 0.717) is 15.3 Å². The molecule has 5 nitrogen and oxygen atoms in total. The SMILES string of the molecule is C[C@@H]1CCCC[C@@H]1NC(=O)c1cnn2c(C(F)(F)F)cc(-c3cccs3)nc12. The fourth-order valence-electron chi connectivity index (χ4n) is 3.65. The predicted octanol–water partition coefficient (Wildman–Crippen LogP) is 4.79. The van der Waals surface area contributed by atoms with Crippen LogP contribution in [0.4, 0.5) is 13.2 Å². The normalized spacial score (nSPS) is 20.4. The van der Waals surface area contributed by atoms with Crippen molar-refractivity contribution >= 4 is 22.9 Å². The van der Waals surface area contributed by atoms with Gasteiger partial charge in [0.05, 0.1) is 16.8 Å². The van der Waals surface area contributed by atoms with Crippen LogP contribution in [0.15, 0.2) is 29.8 Å². The smallest absolute Gasteiger partial charge is 0.349 e. The number of alkyl halides is 3. The summed E-state index contributed by atoms with van der Waals surface area (Å²) in [7, 11) is 0. The van der Waals surface area contributed by atoms with E-state index in [-0.39, 0.29) is 22.9 Å². The van der Waals surface area contributed by atoms with Crippen LogP contribution < -0.4 is 5.32 Å². The second-order valence-electron chi connectivity index (χ2n) is 7.14. The molecule has 1 N–H and O–H groups in total. The molecule has 0 aliphatic heterocycles. The lowest BCUT2D eigenvalue weighted by Crippen LogP contribution is -2.41. The highest BCUT2D eigenvalue weighted by Gasteiger charge is 2.36. The van der Waals surface area contributed by atoms with Crippen molar-refractivity contribution in [2.24, 2.45) is 5.92 Å². The number of hydrogen-bond donors (Lipinski definition) is 1. The van der Waals surface area contributed by atoms with Gasteiger partial charge >= 0.3 is 6.18 Å². The number of fused-ring (bicyclic) bond motifs is 1. The molecule has 0 spiro atoms. The Bertz CT molecular complexity index is 997. The summed E-state index contributed by atoms with van der Waals surface area (Å²) in [5.74, 6) is -0.0994. The van der Waals surface area contributed by atoms with E-state index in [1.165, 1.54) is 17.5 Å². The van der Waals surface area contributed by atoms with Crippen LogP contribution in [0.2, 0.25) is 0 Å². The van der Waals surface area contributed by atoms with Crippen molar-refractivity contribution in [3.8, 4) is 10.6 Å². The molecule has 1 fully saturated rings. The summed E-state index contributed by atoms with van der Waals surface area (Å²) < 4.78 is 41.5. The summed E-state index contributed by atoms with van der Waals surface area (Å²) in [6.45, 7) is 2.08. The molecule has 3 aromatic heterocycles. The molecule has 0 aromatic carbocycles. The second-order valence-corrected chi connectivity index (χ2v) is 8.08. The van der Waals surface area contributed by atoms with E-state index in [2.05, 4.69) is 22.3 Å². The first-order valence-corrected chi connectivity index (χ1v) is 10.0. The summed E-state index contributed by atoms with van der Waals surface area (Å²) in [6, 6.07) is 4.42. The molecule has 28 heavy (non-hydrogen) atoms. The molecule has 1 aliphatic carbocycles. The van der Waals surface area contributed by atoms with Gasteiger partial charge in [-0.15, -0.1) is 11.3 Å². The van der Waals surface area contributed by atoms with E-state index in [4.69, 9.17) is 0 Å². The van der Waals surface area contributed by atoms with Gasteiger partial charge in [0, 0.05) is 6.04 Å². The van der Waals surface area contributed by atoms with Crippen LogP contribution in [0.1, 0.15) is 48.7 Å². The average molecular weight is 408 g/mol. The highest BCUT2D eigenvalue weighted by molar-refractivity contribution is 7.13. The topological polar surface area (TPSA) is 59.3 Å². The van der Waals surface area contributed by atoms with Crippen molar-refractivity contribution in [3.63, 3.8) is 0 Å². The minimum atomic E-state index is -4.62. The van der Waals surface area contributed by atoms with Crippen LogP contribution in [0.25, 0.3) is 16.2 Å². The van der Waals surface area contributed by atoms with E-state index in [9.17, 15) is 18.0 Å². The Hall–Kier alpha value is -2.42. The number of thiophene rings is 1. The van der Waals surface area contributed by atoms with Crippen molar-refractivity contribution in [1.82, 2.24) is 19.9 Å². The molecule has 1 aliphatic rings. The summed E-state index contributed by atoms with van der Waals surface area (Å²) >= 11 is 1.29. The van der Waals surface area contributed by atoms with Crippen LogP contribution in [0.3, 0.4) is 0 Å². The van der Waals surface area contributed by atoms with E-state index < -0.39 is 17.8 Å². The molecular weight excluding hydrogens is 389 g/mol. The quantitative estimate of drug-likeness (QED) is 0.678. The Kier molecular flexibility index (Phi) is 4.86. The van der Waals surface area contributed by atoms with Crippen molar-refractivity contribution in [3.05, 3.63) is 41.0 Å². The molecule has 0 radical (unpaired) electrons. The highest BCUT2D eigenvalue weighted by atomic mass is 32.1. The van der Waals surface area contributed by atoms with Gasteiger partial charge in [-0.05, 0) is 36.3 Å². The summed E-state index contributed by atoms with van der Waals surface area (Å²) in [5, 5.41) is 8.55. The molecule has 0 unspecified atom stereocenters. The van der Waals surface area contributed by atoms with Crippen molar-refractivity contribution < 1.29 is 18.0 Å². The molecule has 3 aromatic rings. The Balaban J connectivity index is 1.77. The van der Waals surface area contributed by atoms with Gasteiger partial charge in [0.25, 0.3) is 5.91 Å². The Morgan fingerprint density at radius 1 is 1.32 bits per heavy atom. The zero-order valence-corrected chi connectivity index (χ0v) is 16.0. The standard InChI is InChI=1S/C19H19F3N4OS/c1-11-5-2-3-6-13(11)25-18(27)12-10-23-26-16(19(20,21)22)9-14(24-17(12)26)15-7-4-8-28-15/h4,7-11,13H,2-3,5-6H2,1H3,(H,25,27)/t11-,13+/m1/s1. The lowest BCUT2D eigenvalue weighted by atomic mass is 9.86. The van der Waals surface area contributed by atoms with E-state index >= 15 is 0 Å². The lowest BCUT2D eigenvalue weighted by Gasteiger charge is -2.29. The highest BCUT2D eigenvalue weighted by Crippen LogP contribution is 2.34. The van der Waals surface area contributed by atoms with Gasteiger partial charge in [0.1, 0.15) is 5.56 Å². The maximum Gasteiger partial charge on any atom is 0.433 e. The van der Waals surface area contributed by atoms with Crippen molar-refractivity contribution in [2.75, 3.05) is 0 Å². The zero-order valence-electron chi connectivity index (χ0n) is 15.2. The number of carbonyl (C=O) groups is 1. The molecule has 3 heterocycles. The predicted molar refractivity (Wildman–Crippen MR) is 100 cm³/mol. The van der Waals surface area contributed by atoms with Crippen LogP contribution in [-0.2, 0) is 6.18 Å². The van der Waals surface area contributed by atoms with Gasteiger partial charge in [-0.25, -0.2) is 9.50 Å². The number of halogens is 3. The Morgan fingerprint density at radius 3 is 2.79 bits per heavy atom. The number of hydrogen-bond acceptors (Lipinski definition) is 4. The third-order valence-electron chi connectivity index (χ3n) is 5.21. The average Bonchev–Trinajstić information content (AvgIpc) is 3.31. The van der Waals surface area contributed by atoms with E-state index in [0.717, 1.165) is 31.7 Å². The maximum atomic E-state index is 13.6. The zero-order chi connectivity index (χ0) is 19.9. The third-order valence-corrected chi connectivity index (χ3v) is 6.10. The molecule has 148 valence electrons. The fourth-order valence-corrected chi connectivity index (χ4v) is 4.34. The van der Waals surface area contributed by atoms with Gasteiger partial charge in [-0.1, -0.05) is 25.8 Å². The molecule has 1 saturated carbocycles. The third kappa shape index (κ3) is 3.50. The monoisotopic (exact) mass is 408 g/mol. The molecule has 0 bridgehead atoms. The van der Waals surface area contributed by atoms with E-state index in [1.54, 1.807) is 17.5 Å². The first kappa shape index (κ1) is 18.9. The summed E-state index contributed by atoms with van der Waals surface area (Å²) in [5.41, 5.74) is -0.803. The molecule has 0 saturated heterocycles. The van der Waals surface area contributed by atoms with Crippen LogP contribution in [0.5, 0.6) is 0 Å². The van der Waals surface area contributed by atoms with Gasteiger partial charge in [0.15, 0.2) is 11.3 Å². The molecule has 2 atom stereocenters. The fraction of sp³-hybridized carbons (Fsp3) is 0.421. The molecule has 9 heteroatoms. The molecular formula is C19H19F3N4OS. The lowest BCUT2D eigenvalue weighted by molar-refractivity contribution is -0.142. The van der Waals surface area contributed by atoms with Crippen LogP contribution in [-0.4, -0.2) is 26.5 Å². The summed E-state index contributed by atoms with van der Waals surface area (Å²) in [4.78, 5) is 17.7. The first-order chi connectivity index (χ1) is 13.3. The largest absolute Gasteiger partial charge is 0.433 e. The minimum absolute atomic E-state index is 0.0127. The van der Waals surface area contributed by atoms with Crippen LogP contribution in [0, 0.1) is 5.92 Å². The summed E-state index contributed by atoms with van der Waals surface area (Å²) in [6.07, 6.45) is 0.601. The molecule has 4 rings (SSSR count). The van der Waals surface area contributed by atoms with E-state index in [1.807, 2.05) is 0 Å². The number of amides is 1. The molecule has 1 amide bonds. The van der Waals surface area contributed by atoms with Gasteiger partial charge in [-0.3, -0.25) is 4.79 Å². The number of nitrogens with zero attached hydrogens (tertiary/aromatic N) is 3. The number of aromatic nitrogens is 3. The van der Waals surface area contributed by atoms with Crippen molar-refractivity contribution in [1.29, 1.82) is 0 Å². The first-order valence-electron chi connectivity index (χ1n) is 9.15. The Morgan fingerprint density at radius 2 is 2.11 bits per heavy atom. The maximum absolute atomic E-state index is 13.6. The van der Waals surface area contributed by atoms with Gasteiger partial charge in [-0.2, -0.15) is 18.3 Å². The number of carbonyl (C=O) groups excluding carboxylic acids is 1. The number of rotatable bonds is 3. The Labute approximate surface area is 163 Å². The van der Waals surface area contributed by atoms with Crippen molar-refractivity contribution in [2.45, 2.75) is 44.8 Å². The van der Waals surface area contributed by atoms with Gasteiger partial charge in [0.2, 0.25) is 0 Å². The number of nitrogens with one attached hydrogen (secondary N) is 1. The minimum Gasteiger partial charge on any atom is -0.349 e. The second kappa shape index (κ2) is 7.20. The van der Waals surface area contributed by atoms with Gasteiger partial charge < -0.3 is 5.32 Å². The van der Waals surface area contributed by atoms with Crippen LogP contribution >= 0.6 is 11.3 Å².